The van der Waals surface area contributed by atoms with Gasteiger partial charge in [0.25, 0.3) is 0 Å². The second-order valence-electron chi connectivity index (χ2n) is 4.94. The summed E-state index contributed by atoms with van der Waals surface area (Å²) < 4.78 is 0. The van der Waals surface area contributed by atoms with Crippen molar-refractivity contribution in [3.63, 3.8) is 0 Å². The maximum Gasteiger partial charge on any atom is 0.246 e. The van der Waals surface area contributed by atoms with Crippen molar-refractivity contribution in [3.05, 3.63) is 0 Å². The number of hydrogen-bond donors (Lipinski definition) is 1. The Labute approximate surface area is 108 Å². The average Bonchev–Trinajstić information content (AvgIpc) is 2.71. The summed E-state index contributed by atoms with van der Waals surface area (Å²) in [6, 6.07) is 0. The van der Waals surface area contributed by atoms with E-state index in [4.69, 9.17) is 0 Å². The summed E-state index contributed by atoms with van der Waals surface area (Å²) in [6.45, 7) is 4.78. The lowest BCUT2D eigenvalue weighted by Gasteiger charge is -2.14. The fourth-order valence-electron chi connectivity index (χ4n) is 1.88. The maximum atomic E-state index is 11.5. The molecule has 1 atom stereocenters. The highest BCUT2D eigenvalue weighted by Gasteiger charge is 2.22. The summed E-state index contributed by atoms with van der Waals surface area (Å²) in [5, 5.41) is 2.34. The summed E-state index contributed by atoms with van der Waals surface area (Å²) in [6.07, 6.45) is 3.50. The van der Waals surface area contributed by atoms with Crippen molar-refractivity contribution >= 4 is 17.7 Å². The molecular weight excluding hydrogens is 232 g/mol. The van der Waals surface area contributed by atoms with Crippen molar-refractivity contribution in [2.75, 3.05) is 13.1 Å². The van der Waals surface area contributed by atoms with Crippen molar-refractivity contribution in [2.45, 2.75) is 46.0 Å². The summed E-state index contributed by atoms with van der Waals surface area (Å²) in [5.41, 5.74) is 0. The Morgan fingerprint density at radius 1 is 1.39 bits per heavy atom. The van der Waals surface area contributed by atoms with Crippen molar-refractivity contribution < 1.29 is 14.4 Å². The van der Waals surface area contributed by atoms with Crippen LogP contribution < -0.4 is 5.32 Å². The van der Waals surface area contributed by atoms with E-state index in [1.54, 1.807) is 0 Å². The molecule has 1 unspecified atom stereocenters. The van der Waals surface area contributed by atoms with Crippen LogP contribution in [0.2, 0.25) is 0 Å². The van der Waals surface area contributed by atoms with Crippen molar-refractivity contribution in [1.82, 2.24) is 10.2 Å². The molecule has 1 rings (SSSR count). The minimum Gasteiger partial charge on any atom is -0.333 e. The second kappa shape index (κ2) is 7.13. The third-order valence-corrected chi connectivity index (χ3v) is 3.35. The van der Waals surface area contributed by atoms with Crippen LogP contribution in [0.1, 0.15) is 46.0 Å². The zero-order valence-corrected chi connectivity index (χ0v) is 11.2. The van der Waals surface area contributed by atoms with Crippen molar-refractivity contribution in [3.8, 4) is 0 Å². The quantitative estimate of drug-likeness (QED) is 0.771. The first-order valence-electron chi connectivity index (χ1n) is 6.63. The topological polar surface area (TPSA) is 66.5 Å². The van der Waals surface area contributed by atoms with Crippen LogP contribution in [0, 0.1) is 5.92 Å². The molecule has 5 heteroatoms. The first-order chi connectivity index (χ1) is 8.52. The molecule has 1 aliphatic heterocycles. The van der Waals surface area contributed by atoms with Crippen LogP contribution >= 0.6 is 0 Å². The van der Waals surface area contributed by atoms with Crippen LogP contribution in [0.5, 0.6) is 0 Å². The lowest BCUT2D eigenvalue weighted by atomic mass is 10.0. The highest BCUT2D eigenvalue weighted by atomic mass is 16.2. The predicted octanol–water partition coefficient (Wildman–Crippen LogP) is 1.08. The number of nitrogens with one attached hydrogen (secondary N) is 1. The first kappa shape index (κ1) is 14.7. The number of carbonyl (C=O) groups excluding carboxylic acids is 3. The van der Waals surface area contributed by atoms with E-state index in [-0.39, 0.29) is 24.3 Å². The van der Waals surface area contributed by atoms with E-state index in [1.165, 1.54) is 4.90 Å². The highest BCUT2D eigenvalue weighted by Crippen LogP contribution is 2.10. The van der Waals surface area contributed by atoms with Crippen LogP contribution in [0.3, 0.4) is 0 Å². The van der Waals surface area contributed by atoms with Gasteiger partial charge in [-0.15, -0.1) is 0 Å². The number of imide groups is 1. The monoisotopic (exact) mass is 254 g/mol. The number of rotatable bonds is 6. The van der Waals surface area contributed by atoms with Crippen LogP contribution in [0.15, 0.2) is 0 Å². The Bertz CT molecular complexity index is 328. The smallest absolute Gasteiger partial charge is 0.246 e. The van der Waals surface area contributed by atoms with Gasteiger partial charge in [0.2, 0.25) is 17.7 Å². The molecule has 0 aromatic heterocycles. The van der Waals surface area contributed by atoms with Gasteiger partial charge in [0, 0.05) is 19.4 Å². The van der Waals surface area contributed by atoms with E-state index >= 15 is 0 Å². The molecule has 0 aromatic rings. The molecule has 1 saturated heterocycles. The third-order valence-electron chi connectivity index (χ3n) is 3.35. The molecule has 0 bridgehead atoms. The molecule has 0 saturated carbocycles. The number of likely N-dealkylation sites (tertiary alicyclic amines) is 1. The van der Waals surface area contributed by atoms with Crippen LogP contribution in [-0.2, 0) is 14.4 Å². The number of nitrogens with zero attached hydrogens (tertiary/aromatic N) is 1. The average molecular weight is 254 g/mol. The van der Waals surface area contributed by atoms with Crippen LogP contribution in [0.25, 0.3) is 0 Å². The van der Waals surface area contributed by atoms with E-state index in [1.807, 2.05) is 0 Å². The number of carbonyl (C=O) groups is 3. The van der Waals surface area contributed by atoms with E-state index < -0.39 is 0 Å². The Balaban J connectivity index is 2.23. The number of hydrogen-bond acceptors (Lipinski definition) is 3. The van der Waals surface area contributed by atoms with Gasteiger partial charge < -0.3 is 4.90 Å². The molecule has 5 nitrogen and oxygen atoms in total. The Hall–Kier alpha value is -1.39. The Morgan fingerprint density at radius 3 is 2.67 bits per heavy atom. The van der Waals surface area contributed by atoms with E-state index in [0.717, 1.165) is 19.3 Å². The van der Waals surface area contributed by atoms with Gasteiger partial charge in [0.15, 0.2) is 0 Å². The Morgan fingerprint density at radius 2 is 2.11 bits per heavy atom. The molecule has 102 valence electrons. The molecule has 18 heavy (non-hydrogen) atoms. The molecule has 0 spiro atoms. The summed E-state index contributed by atoms with van der Waals surface area (Å²) in [4.78, 5) is 35.8. The summed E-state index contributed by atoms with van der Waals surface area (Å²) >= 11 is 0. The van der Waals surface area contributed by atoms with Gasteiger partial charge in [-0.05, 0) is 18.8 Å². The largest absolute Gasteiger partial charge is 0.333 e. The van der Waals surface area contributed by atoms with Gasteiger partial charge in [0.05, 0.1) is 6.54 Å². The lowest BCUT2D eigenvalue weighted by molar-refractivity contribution is -0.136. The zero-order valence-electron chi connectivity index (χ0n) is 11.2. The minimum atomic E-state index is -0.376. The molecule has 1 heterocycles. The van der Waals surface area contributed by atoms with E-state index in [2.05, 4.69) is 19.2 Å². The molecule has 3 amide bonds. The number of amides is 3. The molecule has 0 aliphatic carbocycles. The van der Waals surface area contributed by atoms with Gasteiger partial charge in [0.1, 0.15) is 0 Å². The third kappa shape index (κ3) is 4.85. The first-order valence-corrected chi connectivity index (χ1v) is 6.63. The lowest BCUT2D eigenvalue weighted by Crippen LogP contribution is -2.40. The Kier molecular flexibility index (Phi) is 5.82. The predicted molar refractivity (Wildman–Crippen MR) is 67.7 cm³/mol. The minimum absolute atomic E-state index is 0.00259. The van der Waals surface area contributed by atoms with Gasteiger partial charge in [-0.3, -0.25) is 19.7 Å². The SMILES string of the molecule is CCC(C)CCC(=O)NC(=O)CN1CCCC1=O. The van der Waals surface area contributed by atoms with E-state index in [9.17, 15) is 14.4 Å². The van der Waals surface area contributed by atoms with Gasteiger partial charge in [-0.1, -0.05) is 20.3 Å². The summed E-state index contributed by atoms with van der Waals surface area (Å²) in [5.74, 6) is -0.130. The highest BCUT2D eigenvalue weighted by molar-refractivity contribution is 5.97. The summed E-state index contributed by atoms with van der Waals surface area (Å²) in [7, 11) is 0. The molecular formula is C13H22N2O3. The van der Waals surface area contributed by atoms with Gasteiger partial charge in [-0.2, -0.15) is 0 Å². The normalized spacial score (nSPS) is 16.8. The van der Waals surface area contributed by atoms with Crippen molar-refractivity contribution in [1.29, 1.82) is 0 Å². The fraction of sp³-hybridized carbons (Fsp3) is 0.769. The van der Waals surface area contributed by atoms with Crippen LogP contribution in [0.4, 0.5) is 0 Å². The second-order valence-corrected chi connectivity index (χ2v) is 4.94. The van der Waals surface area contributed by atoms with Gasteiger partial charge >= 0.3 is 0 Å². The maximum absolute atomic E-state index is 11.5. The van der Waals surface area contributed by atoms with E-state index in [0.29, 0.717) is 25.3 Å². The van der Waals surface area contributed by atoms with Crippen LogP contribution in [-0.4, -0.2) is 35.7 Å². The molecule has 1 aliphatic rings. The zero-order chi connectivity index (χ0) is 13.5. The molecule has 1 N–H and O–H groups in total. The molecule has 0 aromatic carbocycles. The standard InChI is InChI=1S/C13H22N2O3/c1-3-10(2)6-7-11(16)14-12(17)9-15-8-4-5-13(15)18/h10H,3-9H2,1-2H3,(H,14,16,17). The fourth-order valence-corrected chi connectivity index (χ4v) is 1.88. The molecule has 1 fully saturated rings. The van der Waals surface area contributed by atoms with Gasteiger partial charge in [-0.25, -0.2) is 0 Å². The van der Waals surface area contributed by atoms with Crippen molar-refractivity contribution in [2.24, 2.45) is 5.92 Å². The molecule has 0 radical (unpaired) electrons.